The lowest BCUT2D eigenvalue weighted by Gasteiger charge is -2.36. The number of anilines is 1. The highest BCUT2D eigenvalue weighted by Crippen LogP contribution is 2.32. The van der Waals surface area contributed by atoms with E-state index in [-0.39, 0.29) is 5.91 Å². The third-order valence-corrected chi connectivity index (χ3v) is 6.20. The number of amides is 1. The first-order chi connectivity index (χ1) is 16.8. The lowest BCUT2D eigenvalue weighted by atomic mass is 10.0. The van der Waals surface area contributed by atoms with E-state index in [0.717, 1.165) is 12.1 Å². The molecule has 0 spiro atoms. The summed E-state index contributed by atoms with van der Waals surface area (Å²) >= 11 is 0. The Hall–Kier alpha value is -3.94. The van der Waals surface area contributed by atoms with Crippen molar-refractivity contribution in [1.82, 2.24) is 9.88 Å². The Morgan fingerprint density at radius 2 is 1.54 bits per heavy atom. The van der Waals surface area contributed by atoms with Gasteiger partial charge in [-0.05, 0) is 42.5 Å². The van der Waals surface area contributed by atoms with Gasteiger partial charge in [-0.25, -0.2) is 9.37 Å². The number of aromatic nitrogens is 1. The second-order valence-electron chi connectivity index (χ2n) is 8.38. The van der Waals surface area contributed by atoms with Gasteiger partial charge in [-0.2, -0.15) is 13.2 Å². The number of halogens is 4. The zero-order valence-corrected chi connectivity index (χ0v) is 18.6. The van der Waals surface area contributed by atoms with Crippen LogP contribution in [0.1, 0.15) is 15.9 Å². The number of rotatable bonds is 3. The molecule has 178 valence electrons. The molecular formula is C27H21F4N3O. The Kier molecular flexibility index (Phi) is 5.88. The molecule has 0 radical (unpaired) electrons. The number of para-hydroxylation sites is 1. The SMILES string of the molecule is O=C(c1cc(-c2ccccc2F)nc2ccccc12)N1CCN(c2cccc(C(F)(F)F)c2)CC1. The number of carbonyl (C=O) groups excluding carboxylic acids is 1. The monoisotopic (exact) mass is 479 g/mol. The third kappa shape index (κ3) is 4.56. The lowest BCUT2D eigenvalue weighted by molar-refractivity contribution is -0.137. The van der Waals surface area contributed by atoms with Crippen molar-refractivity contribution < 1.29 is 22.4 Å². The number of carbonyl (C=O) groups is 1. The minimum atomic E-state index is -4.41. The largest absolute Gasteiger partial charge is 0.416 e. The molecule has 2 heterocycles. The van der Waals surface area contributed by atoms with Crippen molar-refractivity contribution in [2.75, 3.05) is 31.1 Å². The Bertz CT molecular complexity index is 1390. The van der Waals surface area contributed by atoms with Crippen molar-refractivity contribution >= 4 is 22.5 Å². The maximum absolute atomic E-state index is 14.5. The van der Waals surface area contributed by atoms with E-state index in [4.69, 9.17) is 0 Å². The van der Waals surface area contributed by atoms with Gasteiger partial charge in [-0.1, -0.05) is 36.4 Å². The molecule has 1 aromatic heterocycles. The molecule has 1 aliphatic heterocycles. The Morgan fingerprint density at radius 3 is 2.29 bits per heavy atom. The molecule has 4 nitrogen and oxygen atoms in total. The molecule has 4 aromatic rings. The number of fused-ring (bicyclic) bond motifs is 1. The van der Waals surface area contributed by atoms with Gasteiger partial charge < -0.3 is 9.80 Å². The second-order valence-corrected chi connectivity index (χ2v) is 8.38. The van der Waals surface area contributed by atoms with Gasteiger partial charge in [-0.3, -0.25) is 4.79 Å². The van der Waals surface area contributed by atoms with Crippen molar-refractivity contribution in [3.05, 3.63) is 95.8 Å². The van der Waals surface area contributed by atoms with Crippen LogP contribution in [0.25, 0.3) is 22.2 Å². The standard InChI is InChI=1S/C27H21F4N3O/c28-23-10-3-1-9-21(23)25-17-22(20-8-2-4-11-24(20)32-25)26(35)34-14-12-33(13-15-34)19-7-5-6-18(16-19)27(29,30)31/h1-11,16-17H,12-15H2. The molecule has 35 heavy (non-hydrogen) atoms. The first-order valence-electron chi connectivity index (χ1n) is 11.2. The molecule has 8 heteroatoms. The van der Waals surface area contributed by atoms with Gasteiger partial charge in [0, 0.05) is 42.8 Å². The first kappa shape index (κ1) is 22.8. The lowest BCUT2D eigenvalue weighted by Crippen LogP contribution is -2.48. The maximum atomic E-state index is 14.5. The average molecular weight is 479 g/mol. The number of nitrogens with zero attached hydrogens (tertiary/aromatic N) is 3. The van der Waals surface area contributed by atoms with E-state index in [9.17, 15) is 22.4 Å². The summed E-state index contributed by atoms with van der Waals surface area (Å²) in [6.45, 7) is 1.49. The summed E-state index contributed by atoms with van der Waals surface area (Å²) in [4.78, 5) is 21.6. The van der Waals surface area contributed by atoms with Gasteiger partial charge in [0.1, 0.15) is 5.82 Å². The quantitative estimate of drug-likeness (QED) is 0.337. The molecule has 0 aliphatic carbocycles. The third-order valence-electron chi connectivity index (χ3n) is 6.20. The van der Waals surface area contributed by atoms with Crippen LogP contribution in [0, 0.1) is 5.82 Å². The molecule has 0 saturated carbocycles. The average Bonchev–Trinajstić information content (AvgIpc) is 2.87. The number of piperazine rings is 1. The van der Waals surface area contributed by atoms with Crippen LogP contribution in [0.2, 0.25) is 0 Å². The van der Waals surface area contributed by atoms with E-state index in [2.05, 4.69) is 4.98 Å². The minimum absolute atomic E-state index is 0.218. The smallest absolute Gasteiger partial charge is 0.368 e. The molecular weight excluding hydrogens is 458 g/mol. The summed E-state index contributed by atoms with van der Waals surface area (Å²) in [6.07, 6.45) is -4.41. The number of hydrogen-bond acceptors (Lipinski definition) is 3. The molecule has 0 N–H and O–H groups in total. The van der Waals surface area contributed by atoms with Crippen LogP contribution < -0.4 is 4.90 Å². The molecule has 0 unspecified atom stereocenters. The van der Waals surface area contributed by atoms with E-state index in [0.29, 0.717) is 59.6 Å². The van der Waals surface area contributed by atoms with E-state index in [1.807, 2.05) is 17.0 Å². The summed E-state index contributed by atoms with van der Waals surface area (Å²) < 4.78 is 53.8. The van der Waals surface area contributed by atoms with Crippen LogP contribution in [0.4, 0.5) is 23.2 Å². The minimum Gasteiger partial charge on any atom is -0.368 e. The summed E-state index contributed by atoms with van der Waals surface area (Å²) in [5.41, 5.74) is 1.45. The molecule has 1 amide bonds. The van der Waals surface area contributed by atoms with Gasteiger partial charge in [-0.15, -0.1) is 0 Å². The van der Waals surface area contributed by atoms with E-state index in [1.54, 1.807) is 47.4 Å². The first-order valence-corrected chi connectivity index (χ1v) is 11.2. The Morgan fingerprint density at radius 1 is 0.829 bits per heavy atom. The van der Waals surface area contributed by atoms with E-state index < -0.39 is 17.6 Å². The van der Waals surface area contributed by atoms with Crippen molar-refractivity contribution in [1.29, 1.82) is 0 Å². The van der Waals surface area contributed by atoms with Gasteiger partial charge in [0.25, 0.3) is 5.91 Å². The van der Waals surface area contributed by atoms with E-state index in [1.165, 1.54) is 12.1 Å². The van der Waals surface area contributed by atoms with Crippen LogP contribution >= 0.6 is 0 Å². The Labute approximate surface area is 199 Å². The molecule has 1 aliphatic rings. The van der Waals surface area contributed by atoms with Crippen LogP contribution in [-0.4, -0.2) is 42.0 Å². The van der Waals surface area contributed by atoms with Crippen molar-refractivity contribution in [3.8, 4) is 11.3 Å². The number of benzene rings is 3. The van der Waals surface area contributed by atoms with Crippen molar-refractivity contribution in [2.24, 2.45) is 0 Å². The molecule has 0 bridgehead atoms. The van der Waals surface area contributed by atoms with Crippen molar-refractivity contribution in [3.63, 3.8) is 0 Å². The van der Waals surface area contributed by atoms with Gasteiger partial charge in [0.15, 0.2) is 0 Å². The maximum Gasteiger partial charge on any atom is 0.416 e. The number of pyridine rings is 1. The zero-order valence-electron chi connectivity index (χ0n) is 18.6. The van der Waals surface area contributed by atoms with Gasteiger partial charge in [0.2, 0.25) is 0 Å². The molecule has 0 atom stereocenters. The highest BCUT2D eigenvalue weighted by molar-refractivity contribution is 6.07. The van der Waals surface area contributed by atoms with Gasteiger partial charge in [0.05, 0.1) is 22.3 Å². The number of alkyl halides is 3. The summed E-state index contributed by atoms with van der Waals surface area (Å²) in [6, 6.07) is 20.3. The van der Waals surface area contributed by atoms with Crippen LogP contribution in [0.15, 0.2) is 78.9 Å². The fourth-order valence-electron chi connectivity index (χ4n) is 4.38. The Balaban J connectivity index is 1.41. The molecule has 1 saturated heterocycles. The molecule has 3 aromatic carbocycles. The van der Waals surface area contributed by atoms with Crippen LogP contribution in [0.3, 0.4) is 0 Å². The summed E-state index contributed by atoms with van der Waals surface area (Å²) in [7, 11) is 0. The fourth-order valence-corrected chi connectivity index (χ4v) is 4.38. The highest BCUT2D eigenvalue weighted by atomic mass is 19.4. The topological polar surface area (TPSA) is 36.4 Å². The van der Waals surface area contributed by atoms with E-state index >= 15 is 0 Å². The van der Waals surface area contributed by atoms with Gasteiger partial charge >= 0.3 is 6.18 Å². The van der Waals surface area contributed by atoms with Crippen LogP contribution in [0.5, 0.6) is 0 Å². The predicted molar refractivity (Wildman–Crippen MR) is 127 cm³/mol. The summed E-state index contributed by atoms with van der Waals surface area (Å²) in [5, 5.41) is 0.665. The number of hydrogen-bond donors (Lipinski definition) is 0. The molecule has 5 rings (SSSR count). The summed E-state index contributed by atoms with van der Waals surface area (Å²) in [5.74, 6) is -0.645. The molecule has 1 fully saturated rings. The highest BCUT2D eigenvalue weighted by Gasteiger charge is 2.31. The fraction of sp³-hybridized carbons (Fsp3) is 0.185. The van der Waals surface area contributed by atoms with Crippen molar-refractivity contribution in [2.45, 2.75) is 6.18 Å². The normalized spacial score (nSPS) is 14.4. The van der Waals surface area contributed by atoms with Crippen LogP contribution in [-0.2, 0) is 6.18 Å². The second kappa shape index (κ2) is 9.02. The predicted octanol–water partition coefficient (Wildman–Crippen LogP) is 6.02. The zero-order chi connectivity index (χ0) is 24.6.